The Kier molecular flexibility index (Phi) is 10.9. The van der Waals surface area contributed by atoms with Crippen LogP contribution in [0.3, 0.4) is 0 Å². The average Bonchev–Trinajstić information content (AvgIpc) is 3.18. The summed E-state index contributed by atoms with van der Waals surface area (Å²) in [5.41, 5.74) is 1.80. The minimum absolute atomic E-state index is 0. The van der Waals surface area contributed by atoms with Crippen LogP contribution < -0.4 is 40.0 Å². The Morgan fingerprint density at radius 3 is 2.24 bits per heavy atom. The van der Waals surface area contributed by atoms with E-state index in [9.17, 15) is 23.9 Å². The van der Waals surface area contributed by atoms with Gasteiger partial charge in [0.05, 0.1) is 6.04 Å². The minimum atomic E-state index is -1.22. The zero-order valence-electron chi connectivity index (χ0n) is 24.8. The van der Waals surface area contributed by atoms with Crippen LogP contribution in [0, 0.1) is 17.2 Å². The molecule has 1 aliphatic carbocycles. The SMILES string of the molecule is CCC[C@H](c1ccc(C(=O)NCCC(=O)[O-])cc1)N1C(=O)C(c2ccc(F)cc2)=NC12CCC(C(C)(C)C)CC2.[Na+]. The number of halogens is 1. The van der Waals surface area contributed by atoms with Crippen molar-refractivity contribution in [2.75, 3.05) is 6.54 Å². The van der Waals surface area contributed by atoms with Crippen LogP contribution in [0.15, 0.2) is 53.5 Å². The molecule has 2 aromatic rings. The van der Waals surface area contributed by atoms with Crippen molar-refractivity contribution in [2.45, 2.75) is 84.3 Å². The van der Waals surface area contributed by atoms with E-state index in [4.69, 9.17) is 4.99 Å². The molecule has 4 rings (SSSR count). The maximum absolute atomic E-state index is 14.2. The summed E-state index contributed by atoms with van der Waals surface area (Å²) < 4.78 is 13.7. The van der Waals surface area contributed by atoms with Crippen molar-refractivity contribution in [3.8, 4) is 0 Å². The van der Waals surface area contributed by atoms with E-state index in [1.165, 1.54) is 12.1 Å². The number of carboxylic acids is 1. The molecule has 214 valence electrons. The Labute approximate surface area is 264 Å². The molecule has 1 aliphatic heterocycles. The number of aliphatic imine (C=N–C) groups is 1. The van der Waals surface area contributed by atoms with E-state index in [-0.39, 0.29) is 71.6 Å². The van der Waals surface area contributed by atoms with Gasteiger partial charge in [-0.1, -0.05) is 46.2 Å². The first kappa shape index (κ1) is 33.0. The Bertz CT molecular complexity index is 1260. The van der Waals surface area contributed by atoms with Crippen molar-refractivity contribution in [1.82, 2.24) is 10.2 Å². The summed E-state index contributed by atoms with van der Waals surface area (Å²) in [5.74, 6) is -1.57. The van der Waals surface area contributed by atoms with E-state index in [2.05, 4.69) is 33.0 Å². The smallest absolute Gasteiger partial charge is 0.550 e. The number of hydrogen-bond donors (Lipinski definition) is 1. The first-order chi connectivity index (χ1) is 18.9. The second kappa shape index (κ2) is 13.6. The van der Waals surface area contributed by atoms with Gasteiger partial charge < -0.3 is 20.1 Å². The molecule has 7 nitrogen and oxygen atoms in total. The number of carbonyl (C=O) groups excluding carboxylic acids is 3. The molecule has 0 radical (unpaired) electrons. The molecule has 0 unspecified atom stereocenters. The molecule has 1 fully saturated rings. The molecule has 1 spiro atoms. The second-order valence-corrected chi connectivity index (χ2v) is 12.1. The van der Waals surface area contributed by atoms with Crippen LogP contribution in [0.5, 0.6) is 0 Å². The number of benzene rings is 2. The van der Waals surface area contributed by atoms with Gasteiger partial charge in [0.2, 0.25) is 0 Å². The fourth-order valence-corrected chi connectivity index (χ4v) is 6.09. The number of amides is 2. The molecule has 2 aromatic carbocycles. The molecule has 2 amide bonds. The number of nitrogens with one attached hydrogen (secondary N) is 1. The normalized spacial score (nSPS) is 21.3. The fourth-order valence-electron chi connectivity index (χ4n) is 6.09. The van der Waals surface area contributed by atoms with Crippen LogP contribution in [0.2, 0.25) is 0 Å². The number of rotatable bonds is 9. The van der Waals surface area contributed by atoms with Crippen molar-refractivity contribution in [3.05, 3.63) is 71.0 Å². The summed E-state index contributed by atoms with van der Waals surface area (Å²) >= 11 is 0. The topological polar surface area (TPSA) is 102 Å². The summed E-state index contributed by atoms with van der Waals surface area (Å²) in [6.07, 6.45) is 4.73. The van der Waals surface area contributed by atoms with E-state index in [0.29, 0.717) is 22.8 Å². The molecule has 0 bridgehead atoms. The summed E-state index contributed by atoms with van der Waals surface area (Å²) in [7, 11) is 0. The number of carboxylic acid groups (broad SMARTS) is 1. The Morgan fingerprint density at radius 1 is 1.10 bits per heavy atom. The van der Waals surface area contributed by atoms with E-state index >= 15 is 0 Å². The average molecular weight is 572 g/mol. The third-order valence-electron chi connectivity index (χ3n) is 8.36. The largest absolute Gasteiger partial charge is 1.00 e. The van der Waals surface area contributed by atoms with Crippen LogP contribution in [-0.4, -0.2) is 40.6 Å². The van der Waals surface area contributed by atoms with E-state index in [1.807, 2.05) is 17.0 Å². The van der Waals surface area contributed by atoms with Gasteiger partial charge in [-0.2, -0.15) is 0 Å². The summed E-state index contributed by atoms with van der Waals surface area (Å²) in [6, 6.07) is 12.8. The van der Waals surface area contributed by atoms with Gasteiger partial charge >= 0.3 is 29.6 Å². The van der Waals surface area contributed by atoms with Gasteiger partial charge in [0.1, 0.15) is 17.2 Å². The first-order valence-electron chi connectivity index (χ1n) is 14.2. The van der Waals surface area contributed by atoms with Gasteiger partial charge in [-0.3, -0.25) is 14.6 Å². The number of nitrogens with zero attached hydrogens (tertiary/aromatic N) is 2. The molecular formula is C32H39FN3NaO4. The van der Waals surface area contributed by atoms with Crippen molar-refractivity contribution in [1.29, 1.82) is 0 Å². The van der Waals surface area contributed by atoms with Crippen LogP contribution in [-0.2, 0) is 9.59 Å². The van der Waals surface area contributed by atoms with Crippen molar-refractivity contribution in [3.63, 3.8) is 0 Å². The molecule has 1 saturated carbocycles. The van der Waals surface area contributed by atoms with Crippen molar-refractivity contribution < 1.29 is 53.4 Å². The van der Waals surface area contributed by atoms with Crippen LogP contribution >= 0.6 is 0 Å². The van der Waals surface area contributed by atoms with E-state index in [1.54, 1.807) is 24.3 Å². The maximum Gasteiger partial charge on any atom is 1.00 e. The molecule has 2 aliphatic rings. The standard InChI is InChI=1S/C32H40FN3O4.Na/c1-5-6-26(21-7-9-23(10-8-21)29(39)34-20-17-27(37)38)36-30(40)28(22-11-13-25(33)14-12-22)35-32(36)18-15-24(16-19-32)31(2,3)4;/h7-14,24,26H,5-6,15-20H2,1-4H3,(H,34,39)(H,37,38);/q;+1/p-1/t24?,26-,32?;/m1./s1. The molecule has 1 heterocycles. The second-order valence-electron chi connectivity index (χ2n) is 12.1. The van der Waals surface area contributed by atoms with Crippen LogP contribution in [0.1, 0.15) is 100 Å². The monoisotopic (exact) mass is 571 g/mol. The third kappa shape index (κ3) is 7.46. The minimum Gasteiger partial charge on any atom is -0.550 e. The fraction of sp³-hybridized carbons (Fsp3) is 0.500. The van der Waals surface area contributed by atoms with Gasteiger partial charge in [-0.15, -0.1) is 0 Å². The summed E-state index contributed by atoms with van der Waals surface area (Å²) in [5, 5.41) is 13.2. The predicted octanol–water partition coefficient (Wildman–Crippen LogP) is 1.80. The molecule has 41 heavy (non-hydrogen) atoms. The van der Waals surface area contributed by atoms with Gasteiger partial charge in [0.25, 0.3) is 11.8 Å². The molecular weight excluding hydrogens is 532 g/mol. The van der Waals surface area contributed by atoms with Gasteiger partial charge in [0, 0.05) is 30.1 Å². The number of aliphatic carboxylic acids is 1. The summed E-state index contributed by atoms with van der Waals surface area (Å²) in [4.78, 5) is 44.4. The number of hydrogen-bond acceptors (Lipinski definition) is 5. The van der Waals surface area contributed by atoms with E-state index < -0.39 is 11.6 Å². The van der Waals surface area contributed by atoms with Gasteiger partial charge in [-0.25, -0.2) is 4.39 Å². The quantitative estimate of drug-likeness (QED) is 0.464. The molecule has 9 heteroatoms. The first-order valence-corrected chi connectivity index (χ1v) is 14.2. The molecule has 1 N–H and O–H groups in total. The van der Waals surface area contributed by atoms with Gasteiger partial charge in [0.15, 0.2) is 0 Å². The van der Waals surface area contributed by atoms with E-state index in [0.717, 1.165) is 44.1 Å². The van der Waals surface area contributed by atoms with Gasteiger partial charge in [-0.05, 0) is 85.4 Å². The number of carbonyl (C=O) groups is 3. The van der Waals surface area contributed by atoms with Crippen LogP contribution in [0.25, 0.3) is 0 Å². The zero-order valence-corrected chi connectivity index (χ0v) is 26.8. The Balaban J connectivity index is 0.00000462. The third-order valence-corrected chi connectivity index (χ3v) is 8.36. The summed E-state index contributed by atoms with van der Waals surface area (Å²) in [6.45, 7) is 8.85. The molecule has 0 aromatic heterocycles. The molecule has 0 saturated heterocycles. The van der Waals surface area contributed by atoms with Crippen LogP contribution in [0.4, 0.5) is 4.39 Å². The van der Waals surface area contributed by atoms with Crippen molar-refractivity contribution in [2.24, 2.45) is 16.3 Å². The predicted molar refractivity (Wildman–Crippen MR) is 150 cm³/mol. The Morgan fingerprint density at radius 2 is 1.71 bits per heavy atom. The Hall–Kier alpha value is -2.55. The maximum atomic E-state index is 14.2. The van der Waals surface area contributed by atoms with Crippen molar-refractivity contribution >= 4 is 23.5 Å². The molecule has 1 atom stereocenters. The zero-order chi connectivity index (χ0) is 29.1.